The lowest BCUT2D eigenvalue weighted by atomic mass is 9.92. The fourth-order valence-electron chi connectivity index (χ4n) is 2.96. The van der Waals surface area contributed by atoms with E-state index >= 15 is 0 Å². The van der Waals surface area contributed by atoms with E-state index in [0.717, 1.165) is 11.4 Å². The van der Waals surface area contributed by atoms with E-state index < -0.39 is 0 Å². The van der Waals surface area contributed by atoms with Gasteiger partial charge in [-0.2, -0.15) is 0 Å². The van der Waals surface area contributed by atoms with Crippen LogP contribution in [0.2, 0.25) is 0 Å². The smallest absolute Gasteiger partial charge is 0.0707 e. The van der Waals surface area contributed by atoms with Crippen molar-refractivity contribution in [1.82, 2.24) is 4.98 Å². The zero-order valence-electron chi connectivity index (χ0n) is 13.7. The minimum atomic E-state index is 0.964. The monoisotopic (exact) mass is 300 g/mol. The van der Waals surface area contributed by atoms with Crippen LogP contribution in [0, 0.1) is 20.8 Å². The highest BCUT2D eigenvalue weighted by Crippen LogP contribution is 2.29. The van der Waals surface area contributed by atoms with E-state index in [1.807, 2.05) is 54.9 Å². The Morgan fingerprint density at radius 1 is 0.870 bits per heavy atom. The molecule has 23 heavy (non-hydrogen) atoms. The summed E-state index contributed by atoms with van der Waals surface area (Å²) in [4.78, 5) is 9.13. The molecule has 0 unspecified atom stereocenters. The lowest BCUT2D eigenvalue weighted by Crippen LogP contribution is -1.99. The van der Waals surface area contributed by atoms with Crippen molar-refractivity contribution in [1.29, 1.82) is 0 Å². The maximum Gasteiger partial charge on any atom is 0.0707 e. The number of aromatic nitrogens is 1. The summed E-state index contributed by atoms with van der Waals surface area (Å²) in [5, 5.41) is 0. The number of benzene rings is 2. The van der Waals surface area contributed by atoms with Gasteiger partial charge in [-0.05, 0) is 67.3 Å². The molecular formula is C21H20N2. The van der Waals surface area contributed by atoms with Crippen molar-refractivity contribution in [3.63, 3.8) is 0 Å². The molecule has 0 atom stereocenters. The number of nitrogens with zero attached hydrogens (tertiary/aromatic N) is 2. The summed E-state index contributed by atoms with van der Waals surface area (Å²) >= 11 is 0. The first kappa shape index (κ1) is 15.2. The van der Waals surface area contributed by atoms with Crippen molar-refractivity contribution in [3.05, 3.63) is 83.0 Å². The minimum absolute atomic E-state index is 0.964. The Morgan fingerprint density at radius 3 is 2.30 bits per heavy atom. The van der Waals surface area contributed by atoms with Gasteiger partial charge in [0, 0.05) is 18.0 Å². The van der Waals surface area contributed by atoms with Crippen LogP contribution in [0.25, 0.3) is 11.3 Å². The second kappa shape index (κ2) is 6.57. The zero-order chi connectivity index (χ0) is 16.2. The van der Waals surface area contributed by atoms with Gasteiger partial charge < -0.3 is 0 Å². The molecule has 114 valence electrons. The fraction of sp³-hybridized carbons (Fsp3) is 0.143. The van der Waals surface area contributed by atoms with Crippen molar-refractivity contribution < 1.29 is 0 Å². The van der Waals surface area contributed by atoms with Gasteiger partial charge in [-0.15, -0.1) is 0 Å². The summed E-state index contributed by atoms with van der Waals surface area (Å²) in [5.41, 5.74) is 8.05. The standard InChI is InChI=1S/C21H20N2/c1-15-13-16(2)21(20-11-7-8-12-22-20)17(3)19(15)14-23-18-9-5-4-6-10-18/h4-14H,1-3H3/b23-14-. The molecule has 3 rings (SSSR count). The summed E-state index contributed by atoms with van der Waals surface area (Å²) < 4.78 is 0. The van der Waals surface area contributed by atoms with E-state index in [2.05, 4.69) is 42.9 Å². The molecule has 3 aromatic rings. The molecule has 1 heterocycles. The molecule has 0 fully saturated rings. The van der Waals surface area contributed by atoms with Gasteiger partial charge in [0.25, 0.3) is 0 Å². The van der Waals surface area contributed by atoms with Gasteiger partial charge >= 0.3 is 0 Å². The maximum atomic E-state index is 4.62. The van der Waals surface area contributed by atoms with Crippen LogP contribution in [0.4, 0.5) is 5.69 Å². The molecule has 2 nitrogen and oxygen atoms in total. The molecule has 0 spiro atoms. The number of rotatable bonds is 3. The highest BCUT2D eigenvalue weighted by molar-refractivity contribution is 5.89. The number of aliphatic imine (C=N–C) groups is 1. The molecule has 0 aliphatic rings. The van der Waals surface area contributed by atoms with E-state index in [4.69, 9.17) is 0 Å². The van der Waals surface area contributed by atoms with Gasteiger partial charge in [-0.25, -0.2) is 0 Å². The molecule has 1 aromatic heterocycles. The summed E-state index contributed by atoms with van der Waals surface area (Å²) in [6, 6.07) is 18.3. The van der Waals surface area contributed by atoms with Crippen molar-refractivity contribution in [2.75, 3.05) is 0 Å². The number of pyridine rings is 1. The van der Waals surface area contributed by atoms with Crippen LogP contribution < -0.4 is 0 Å². The van der Waals surface area contributed by atoms with E-state index in [1.165, 1.54) is 27.8 Å². The predicted molar refractivity (Wildman–Crippen MR) is 97.6 cm³/mol. The summed E-state index contributed by atoms with van der Waals surface area (Å²) in [5.74, 6) is 0. The van der Waals surface area contributed by atoms with E-state index in [-0.39, 0.29) is 0 Å². The lowest BCUT2D eigenvalue weighted by Gasteiger charge is -2.14. The Hall–Kier alpha value is -2.74. The molecule has 2 heteroatoms. The Labute approximate surface area is 137 Å². The van der Waals surface area contributed by atoms with E-state index in [1.54, 1.807) is 0 Å². The Morgan fingerprint density at radius 2 is 1.61 bits per heavy atom. The van der Waals surface area contributed by atoms with E-state index in [9.17, 15) is 0 Å². The largest absolute Gasteiger partial charge is 0.256 e. The molecule has 0 amide bonds. The highest BCUT2D eigenvalue weighted by atomic mass is 14.7. The van der Waals surface area contributed by atoms with Gasteiger partial charge in [0.15, 0.2) is 0 Å². The minimum Gasteiger partial charge on any atom is -0.256 e. The summed E-state index contributed by atoms with van der Waals surface area (Å²) in [6.07, 6.45) is 3.80. The first-order valence-corrected chi connectivity index (χ1v) is 7.78. The van der Waals surface area contributed by atoms with Gasteiger partial charge in [0.05, 0.1) is 11.4 Å². The average molecular weight is 300 g/mol. The zero-order valence-corrected chi connectivity index (χ0v) is 13.7. The number of aryl methyl sites for hydroxylation is 2. The lowest BCUT2D eigenvalue weighted by molar-refractivity contribution is 1.25. The molecule has 0 aliphatic carbocycles. The molecule has 0 N–H and O–H groups in total. The van der Waals surface area contributed by atoms with Crippen LogP contribution in [0.5, 0.6) is 0 Å². The van der Waals surface area contributed by atoms with Gasteiger partial charge in [-0.1, -0.05) is 30.3 Å². The first-order valence-electron chi connectivity index (χ1n) is 7.78. The van der Waals surface area contributed by atoms with Crippen LogP contribution >= 0.6 is 0 Å². The topological polar surface area (TPSA) is 25.2 Å². The van der Waals surface area contributed by atoms with Crippen molar-refractivity contribution in [2.24, 2.45) is 4.99 Å². The SMILES string of the molecule is Cc1cc(C)c(-c2ccccn2)c(C)c1/C=N\c1ccccc1. The predicted octanol–water partition coefficient (Wildman–Crippen LogP) is 5.42. The number of hydrogen-bond acceptors (Lipinski definition) is 2. The van der Waals surface area contributed by atoms with Crippen LogP contribution in [0.15, 0.2) is 65.8 Å². The van der Waals surface area contributed by atoms with Crippen molar-refractivity contribution in [3.8, 4) is 11.3 Å². The third-order valence-electron chi connectivity index (χ3n) is 4.05. The van der Waals surface area contributed by atoms with Gasteiger partial charge in [0.2, 0.25) is 0 Å². The molecule has 2 aromatic carbocycles. The first-order chi connectivity index (χ1) is 11.2. The highest BCUT2D eigenvalue weighted by Gasteiger charge is 2.12. The fourth-order valence-corrected chi connectivity index (χ4v) is 2.96. The third-order valence-corrected chi connectivity index (χ3v) is 4.05. The molecule has 0 saturated heterocycles. The van der Waals surface area contributed by atoms with Gasteiger partial charge in [-0.3, -0.25) is 9.98 Å². The average Bonchev–Trinajstić information content (AvgIpc) is 2.56. The van der Waals surface area contributed by atoms with E-state index in [0.29, 0.717) is 0 Å². The van der Waals surface area contributed by atoms with Crippen molar-refractivity contribution in [2.45, 2.75) is 20.8 Å². The van der Waals surface area contributed by atoms with Crippen LogP contribution in [0.3, 0.4) is 0 Å². The number of para-hydroxylation sites is 1. The second-order valence-electron chi connectivity index (χ2n) is 5.73. The van der Waals surface area contributed by atoms with Crippen LogP contribution in [0.1, 0.15) is 22.3 Å². The van der Waals surface area contributed by atoms with Gasteiger partial charge in [0.1, 0.15) is 0 Å². The van der Waals surface area contributed by atoms with Crippen LogP contribution in [-0.4, -0.2) is 11.2 Å². The molecule has 0 bridgehead atoms. The Kier molecular flexibility index (Phi) is 4.33. The summed E-state index contributed by atoms with van der Waals surface area (Å²) in [6.45, 7) is 6.42. The maximum absolute atomic E-state index is 4.62. The third kappa shape index (κ3) is 3.21. The normalized spacial score (nSPS) is 11.1. The second-order valence-corrected chi connectivity index (χ2v) is 5.73. The number of hydrogen-bond donors (Lipinski definition) is 0. The molecule has 0 radical (unpaired) electrons. The Bertz CT molecular complexity index is 835. The molecule has 0 aliphatic heterocycles. The molecular weight excluding hydrogens is 280 g/mol. The molecule has 0 saturated carbocycles. The van der Waals surface area contributed by atoms with Crippen LogP contribution in [-0.2, 0) is 0 Å². The Balaban J connectivity index is 2.10. The summed E-state index contributed by atoms with van der Waals surface area (Å²) in [7, 11) is 0. The quantitative estimate of drug-likeness (QED) is 0.592. The van der Waals surface area contributed by atoms with Crippen molar-refractivity contribution >= 4 is 11.9 Å².